The monoisotopic (exact) mass is 417 g/mol. The lowest BCUT2D eigenvalue weighted by atomic mass is 10.2. The van der Waals surface area contributed by atoms with Gasteiger partial charge in [-0.2, -0.15) is 5.10 Å². The fourth-order valence-corrected chi connectivity index (χ4v) is 4.18. The van der Waals surface area contributed by atoms with Crippen LogP contribution in [0.2, 0.25) is 5.02 Å². The van der Waals surface area contributed by atoms with Gasteiger partial charge >= 0.3 is 0 Å². The molecular weight excluding hydrogens is 406 g/mol. The molecule has 1 N–H and O–H groups in total. The first-order valence-corrected chi connectivity index (χ1v) is 9.63. The number of nitrogens with one attached hydrogen (secondary N) is 1. The molecule has 0 radical (unpaired) electrons. The number of amides is 1. The Kier molecular flexibility index (Phi) is 6.23. The molecule has 0 saturated carbocycles. The summed E-state index contributed by atoms with van der Waals surface area (Å²) in [6, 6.07) is 16.9. The Morgan fingerprint density at radius 3 is 2.70 bits per heavy atom. The average Bonchev–Trinajstić information content (AvgIpc) is 3.11. The summed E-state index contributed by atoms with van der Waals surface area (Å²) in [5, 5.41) is 15.4. The van der Waals surface area contributed by atoms with Gasteiger partial charge in [-0.25, -0.2) is 5.43 Å². The lowest BCUT2D eigenvalue weighted by Crippen LogP contribution is -2.17. The summed E-state index contributed by atoms with van der Waals surface area (Å²) in [4.78, 5) is 24.2. The first-order valence-electron chi connectivity index (χ1n) is 7.62. The maximum absolute atomic E-state index is 12.0. The fraction of sp³-hybridized carbons (Fsp3) is 0. The number of carbonyl (C=O) groups excluding carboxylic acids is 1. The van der Waals surface area contributed by atoms with E-state index in [9.17, 15) is 14.9 Å². The second-order valence-corrected chi connectivity index (χ2v) is 8.14. The smallest absolute Gasteiger partial charge is 0.267 e. The summed E-state index contributed by atoms with van der Waals surface area (Å²) in [5.74, 6) is -0.512. The molecule has 0 aliphatic carbocycles. The number of hydrogen-bond donors (Lipinski definition) is 1. The van der Waals surface area contributed by atoms with Crippen LogP contribution in [0.25, 0.3) is 0 Å². The maximum Gasteiger partial charge on any atom is 0.271 e. The highest BCUT2D eigenvalue weighted by atomic mass is 35.5. The molecule has 0 unspecified atom stereocenters. The third-order valence-electron chi connectivity index (χ3n) is 3.31. The van der Waals surface area contributed by atoms with Gasteiger partial charge in [0.25, 0.3) is 11.6 Å². The van der Waals surface area contributed by atoms with E-state index in [1.165, 1.54) is 41.8 Å². The molecule has 9 heteroatoms. The number of non-ortho nitro benzene ring substituents is 1. The van der Waals surface area contributed by atoms with Crippen LogP contribution < -0.4 is 5.43 Å². The average molecular weight is 418 g/mol. The molecule has 3 aromatic rings. The largest absolute Gasteiger partial charge is 0.271 e. The Morgan fingerprint density at radius 2 is 1.96 bits per heavy atom. The van der Waals surface area contributed by atoms with Crippen molar-refractivity contribution in [3.05, 3.63) is 86.2 Å². The molecule has 136 valence electrons. The van der Waals surface area contributed by atoms with Gasteiger partial charge in [-0.3, -0.25) is 14.9 Å². The van der Waals surface area contributed by atoms with Crippen molar-refractivity contribution < 1.29 is 9.72 Å². The van der Waals surface area contributed by atoms with Crippen molar-refractivity contribution in [3.8, 4) is 0 Å². The number of nitro groups is 1. The van der Waals surface area contributed by atoms with Gasteiger partial charge in [-0.15, -0.1) is 11.3 Å². The Morgan fingerprint density at radius 1 is 1.19 bits per heavy atom. The van der Waals surface area contributed by atoms with Crippen molar-refractivity contribution in [2.45, 2.75) is 9.10 Å². The molecule has 0 spiro atoms. The predicted octanol–water partition coefficient (Wildman–Crippen LogP) is 5.22. The van der Waals surface area contributed by atoms with Crippen LogP contribution in [0.15, 0.2) is 74.9 Å². The van der Waals surface area contributed by atoms with Crippen LogP contribution in [0.5, 0.6) is 0 Å². The minimum absolute atomic E-state index is 0.145. The zero-order valence-corrected chi connectivity index (χ0v) is 16.1. The van der Waals surface area contributed by atoms with Crippen molar-refractivity contribution in [1.29, 1.82) is 0 Å². The van der Waals surface area contributed by atoms with Gasteiger partial charge in [0.2, 0.25) is 0 Å². The fourth-order valence-electron chi connectivity index (χ4n) is 2.06. The molecule has 3 rings (SSSR count). The van der Waals surface area contributed by atoms with E-state index in [1.807, 2.05) is 36.4 Å². The summed E-state index contributed by atoms with van der Waals surface area (Å²) in [7, 11) is 0. The zero-order valence-electron chi connectivity index (χ0n) is 13.7. The van der Waals surface area contributed by atoms with Crippen LogP contribution in [0, 0.1) is 10.1 Å². The zero-order chi connectivity index (χ0) is 19.2. The maximum atomic E-state index is 12.0. The SMILES string of the molecule is O=C(N/N=C\c1ccc(Sc2ccc(Cl)cc2)s1)c1cccc([N+](=O)[O-])c1. The summed E-state index contributed by atoms with van der Waals surface area (Å²) in [5.41, 5.74) is 2.40. The Balaban J connectivity index is 1.59. The van der Waals surface area contributed by atoms with Crippen LogP contribution in [0.1, 0.15) is 15.2 Å². The van der Waals surface area contributed by atoms with Gasteiger partial charge in [0.15, 0.2) is 0 Å². The molecule has 6 nitrogen and oxygen atoms in total. The third-order valence-corrected chi connectivity index (χ3v) is 5.72. The number of hydrogen-bond acceptors (Lipinski definition) is 6. The van der Waals surface area contributed by atoms with Crippen molar-refractivity contribution in [2.24, 2.45) is 5.10 Å². The van der Waals surface area contributed by atoms with Crippen LogP contribution in [0.3, 0.4) is 0 Å². The van der Waals surface area contributed by atoms with E-state index >= 15 is 0 Å². The molecule has 1 heterocycles. The summed E-state index contributed by atoms with van der Waals surface area (Å²) in [6.07, 6.45) is 1.53. The summed E-state index contributed by atoms with van der Waals surface area (Å²) < 4.78 is 1.07. The molecule has 0 saturated heterocycles. The number of nitrogens with zero attached hydrogens (tertiary/aromatic N) is 2. The molecule has 2 aromatic carbocycles. The molecule has 1 aromatic heterocycles. The quantitative estimate of drug-likeness (QED) is 0.338. The summed E-state index contributed by atoms with van der Waals surface area (Å²) in [6.45, 7) is 0. The highest BCUT2D eigenvalue weighted by Gasteiger charge is 2.10. The number of benzene rings is 2. The number of rotatable bonds is 6. The van der Waals surface area contributed by atoms with Crippen LogP contribution in [0.4, 0.5) is 5.69 Å². The Bertz CT molecular complexity index is 1000. The Hall–Kier alpha value is -2.68. The molecule has 0 aliphatic heterocycles. The number of thiophene rings is 1. The number of nitro benzene ring substituents is 1. The molecular formula is C18H12ClN3O3S2. The number of carbonyl (C=O) groups is 1. The van der Waals surface area contributed by atoms with E-state index in [1.54, 1.807) is 11.8 Å². The number of halogens is 1. The van der Waals surface area contributed by atoms with E-state index in [4.69, 9.17) is 11.6 Å². The van der Waals surface area contributed by atoms with Gasteiger partial charge < -0.3 is 0 Å². The second kappa shape index (κ2) is 8.81. The standard InChI is InChI=1S/C18H12ClN3O3S2/c19-13-4-6-15(7-5-13)26-17-9-8-16(27-17)11-20-21-18(23)12-2-1-3-14(10-12)22(24)25/h1-11H,(H,21,23)/b20-11-. The Labute approximate surface area is 168 Å². The predicted molar refractivity (Wildman–Crippen MR) is 108 cm³/mol. The second-order valence-electron chi connectivity index (χ2n) is 5.22. The van der Waals surface area contributed by atoms with E-state index in [0.717, 1.165) is 14.0 Å². The highest BCUT2D eigenvalue weighted by Crippen LogP contribution is 2.33. The topological polar surface area (TPSA) is 84.6 Å². The van der Waals surface area contributed by atoms with Crippen LogP contribution in [-0.2, 0) is 0 Å². The van der Waals surface area contributed by atoms with Crippen LogP contribution >= 0.6 is 34.7 Å². The third kappa shape index (κ3) is 5.40. The highest BCUT2D eigenvalue weighted by molar-refractivity contribution is 8.01. The van der Waals surface area contributed by atoms with Crippen LogP contribution in [-0.4, -0.2) is 17.0 Å². The molecule has 1 amide bonds. The van der Waals surface area contributed by atoms with Gasteiger partial charge in [0.1, 0.15) is 0 Å². The van der Waals surface area contributed by atoms with Gasteiger partial charge in [0.05, 0.1) is 15.3 Å². The van der Waals surface area contributed by atoms with Gasteiger partial charge in [-0.05, 0) is 42.5 Å². The summed E-state index contributed by atoms with van der Waals surface area (Å²) >= 11 is 9.01. The molecule has 27 heavy (non-hydrogen) atoms. The van der Waals surface area contributed by atoms with E-state index in [0.29, 0.717) is 5.02 Å². The lowest BCUT2D eigenvalue weighted by Gasteiger charge is -1.99. The molecule has 0 atom stereocenters. The molecule has 0 aliphatic rings. The van der Waals surface area contributed by atoms with Crippen molar-refractivity contribution in [2.75, 3.05) is 0 Å². The first kappa shape index (κ1) is 19.1. The van der Waals surface area contributed by atoms with Gasteiger partial charge in [-0.1, -0.05) is 29.4 Å². The van der Waals surface area contributed by atoms with Crippen molar-refractivity contribution in [1.82, 2.24) is 5.43 Å². The number of hydrazone groups is 1. The van der Waals surface area contributed by atoms with Crippen molar-refractivity contribution >= 4 is 52.5 Å². The van der Waals surface area contributed by atoms with E-state index < -0.39 is 10.8 Å². The lowest BCUT2D eigenvalue weighted by molar-refractivity contribution is -0.384. The minimum Gasteiger partial charge on any atom is -0.267 e. The van der Waals surface area contributed by atoms with Crippen molar-refractivity contribution in [3.63, 3.8) is 0 Å². The normalized spacial score (nSPS) is 10.9. The van der Waals surface area contributed by atoms with E-state index in [-0.39, 0.29) is 11.3 Å². The first-order chi connectivity index (χ1) is 13.0. The molecule has 0 fully saturated rings. The molecule has 0 bridgehead atoms. The van der Waals surface area contributed by atoms with E-state index in [2.05, 4.69) is 10.5 Å². The minimum atomic E-state index is -0.550. The van der Waals surface area contributed by atoms with Gasteiger partial charge in [0, 0.05) is 32.5 Å².